The van der Waals surface area contributed by atoms with E-state index in [9.17, 15) is 5.11 Å². The van der Waals surface area contributed by atoms with Gasteiger partial charge in [-0.2, -0.15) is 0 Å². The van der Waals surface area contributed by atoms with Crippen molar-refractivity contribution < 1.29 is 5.11 Å². The third-order valence-corrected chi connectivity index (χ3v) is 3.52. The number of aliphatic hydroxyl groups is 1. The molecule has 0 saturated heterocycles. The van der Waals surface area contributed by atoms with Gasteiger partial charge < -0.3 is 5.11 Å². The lowest BCUT2D eigenvalue weighted by Crippen LogP contribution is -2.07. The van der Waals surface area contributed by atoms with Crippen LogP contribution in [0.15, 0.2) is 42.5 Å². The summed E-state index contributed by atoms with van der Waals surface area (Å²) in [5.74, 6) is 0. The Morgan fingerprint density at radius 3 is 2.50 bits per heavy atom. The Hall–Kier alpha value is -1.34. The summed E-state index contributed by atoms with van der Waals surface area (Å²) in [5.41, 5.74) is 1.00. The van der Waals surface area contributed by atoms with Crippen LogP contribution in [-0.2, 0) is 6.42 Å². The zero-order chi connectivity index (χ0) is 11.0. The van der Waals surface area contributed by atoms with Gasteiger partial charge in [-0.1, -0.05) is 42.5 Å². The molecular weight excluding hydrogens is 196 g/mol. The molecule has 0 radical (unpaired) electrons. The normalized spacial score (nSPS) is 17.6. The van der Waals surface area contributed by atoms with E-state index < -0.39 is 0 Å². The van der Waals surface area contributed by atoms with E-state index in [-0.39, 0.29) is 5.60 Å². The van der Waals surface area contributed by atoms with Crippen molar-refractivity contribution in [2.75, 3.05) is 0 Å². The molecule has 16 heavy (non-hydrogen) atoms. The fraction of sp³-hybridized carbons (Fsp3) is 0.333. The van der Waals surface area contributed by atoms with Gasteiger partial charge in [-0.3, -0.25) is 0 Å². The smallest absolute Gasteiger partial charge is 0.0653 e. The summed E-state index contributed by atoms with van der Waals surface area (Å²) < 4.78 is 0. The van der Waals surface area contributed by atoms with Crippen LogP contribution in [0.1, 0.15) is 24.8 Å². The van der Waals surface area contributed by atoms with Gasteiger partial charge in [-0.15, -0.1) is 0 Å². The van der Waals surface area contributed by atoms with Crippen molar-refractivity contribution in [1.29, 1.82) is 0 Å². The molecule has 1 saturated carbocycles. The molecule has 1 N–H and O–H groups in total. The summed E-state index contributed by atoms with van der Waals surface area (Å²) in [7, 11) is 0. The molecule has 0 aliphatic heterocycles. The molecule has 2 aromatic carbocycles. The van der Waals surface area contributed by atoms with Gasteiger partial charge in [0, 0.05) is 0 Å². The highest BCUT2D eigenvalue weighted by molar-refractivity contribution is 5.82. The molecule has 1 nitrogen and oxygen atoms in total. The molecule has 0 unspecified atom stereocenters. The Labute approximate surface area is 95.7 Å². The minimum absolute atomic E-state index is 0.328. The fourth-order valence-electron chi connectivity index (χ4n) is 2.17. The topological polar surface area (TPSA) is 20.2 Å². The summed E-state index contributed by atoms with van der Waals surface area (Å²) in [6.07, 6.45) is 3.87. The first-order valence-electron chi connectivity index (χ1n) is 5.95. The van der Waals surface area contributed by atoms with Gasteiger partial charge in [0.05, 0.1) is 5.60 Å². The Balaban J connectivity index is 1.81. The average Bonchev–Trinajstić information content (AvgIpc) is 3.05. The van der Waals surface area contributed by atoms with Crippen LogP contribution in [0.2, 0.25) is 0 Å². The maximum Gasteiger partial charge on any atom is 0.0653 e. The summed E-state index contributed by atoms with van der Waals surface area (Å²) in [4.78, 5) is 0. The lowest BCUT2D eigenvalue weighted by Gasteiger charge is -2.07. The molecule has 1 fully saturated rings. The van der Waals surface area contributed by atoms with Crippen LogP contribution in [0.25, 0.3) is 10.8 Å². The molecule has 0 spiro atoms. The van der Waals surface area contributed by atoms with Gasteiger partial charge in [-0.25, -0.2) is 0 Å². The van der Waals surface area contributed by atoms with Crippen LogP contribution in [-0.4, -0.2) is 10.7 Å². The predicted octanol–water partition coefficient (Wildman–Crippen LogP) is 3.30. The second-order valence-corrected chi connectivity index (χ2v) is 4.91. The van der Waals surface area contributed by atoms with Gasteiger partial charge >= 0.3 is 0 Å². The second kappa shape index (κ2) is 3.60. The van der Waals surface area contributed by atoms with E-state index in [1.807, 2.05) is 0 Å². The third kappa shape index (κ3) is 1.96. The van der Waals surface area contributed by atoms with Crippen molar-refractivity contribution in [1.82, 2.24) is 0 Å². The fourth-order valence-corrected chi connectivity index (χ4v) is 2.17. The van der Waals surface area contributed by atoms with Crippen molar-refractivity contribution in [3.8, 4) is 0 Å². The van der Waals surface area contributed by atoms with E-state index in [2.05, 4.69) is 42.5 Å². The van der Waals surface area contributed by atoms with Crippen LogP contribution >= 0.6 is 0 Å². The molecule has 1 heteroatoms. The molecule has 3 rings (SSSR count). The SMILES string of the molecule is OC1(CCc2ccc3ccccc3c2)CC1. The molecule has 82 valence electrons. The molecule has 0 aromatic heterocycles. The molecule has 0 atom stereocenters. The van der Waals surface area contributed by atoms with Crippen LogP contribution in [0.5, 0.6) is 0 Å². The number of benzene rings is 2. The van der Waals surface area contributed by atoms with Gasteiger partial charge in [0.2, 0.25) is 0 Å². The van der Waals surface area contributed by atoms with Crippen molar-refractivity contribution in [2.24, 2.45) is 0 Å². The second-order valence-electron chi connectivity index (χ2n) is 4.91. The third-order valence-electron chi connectivity index (χ3n) is 3.52. The molecule has 0 bridgehead atoms. The summed E-state index contributed by atoms with van der Waals surface area (Å²) in [6, 6.07) is 15.0. The van der Waals surface area contributed by atoms with Crippen molar-refractivity contribution in [3.63, 3.8) is 0 Å². The Morgan fingerprint density at radius 2 is 1.75 bits per heavy atom. The number of fused-ring (bicyclic) bond motifs is 1. The van der Waals surface area contributed by atoms with E-state index in [1.165, 1.54) is 16.3 Å². The summed E-state index contributed by atoms with van der Waals surface area (Å²) in [5, 5.41) is 12.4. The van der Waals surface area contributed by atoms with Gasteiger partial charge in [0.1, 0.15) is 0 Å². The minimum atomic E-state index is -0.328. The molecular formula is C15H16O. The van der Waals surface area contributed by atoms with E-state index in [1.54, 1.807) is 0 Å². The van der Waals surface area contributed by atoms with Crippen molar-refractivity contribution >= 4 is 10.8 Å². The van der Waals surface area contributed by atoms with E-state index in [0.29, 0.717) is 0 Å². The quantitative estimate of drug-likeness (QED) is 0.827. The zero-order valence-electron chi connectivity index (χ0n) is 9.32. The molecule has 1 aliphatic rings. The first kappa shape index (κ1) is 9.86. The molecule has 2 aromatic rings. The Morgan fingerprint density at radius 1 is 1.00 bits per heavy atom. The van der Waals surface area contributed by atoms with E-state index in [4.69, 9.17) is 0 Å². The standard InChI is InChI=1S/C15H16O/c16-15(9-10-15)8-7-12-5-6-13-3-1-2-4-14(13)11-12/h1-6,11,16H,7-10H2. The maximum absolute atomic E-state index is 9.80. The predicted molar refractivity (Wildman–Crippen MR) is 66.5 cm³/mol. The molecule has 0 heterocycles. The minimum Gasteiger partial charge on any atom is -0.390 e. The first-order valence-corrected chi connectivity index (χ1v) is 5.95. The number of hydrogen-bond donors (Lipinski definition) is 1. The maximum atomic E-state index is 9.80. The summed E-state index contributed by atoms with van der Waals surface area (Å²) >= 11 is 0. The molecule has 1 aliphatic carbocycles. The monoisotopic (exact) mass is 212 g/mol. The zero-order valence-corrected chi connectivity index (χ0v) is 9.32. The van der Waals surface area contributed by atoms with E-state index >= 15 is 0 Å². The highest BCUT2D eigenvalue weighted by Gasteiger charge is 2.39. The largest absolute Gasteiger partial charge is 0.390 e. The molecule has 0 amide bonds. The van der Waals surface area contributed by atoms with Crippen LogP contribution < -0.4 is 0 Å². The van der Waals surface area contributed by atoms with Crippen LogP contribution in [0, 0.1) is 0 Å². The van der Waals surface area contributed by atoms with Gasteiger partial charge in [-0.05, 0) is 42.0 Å². The lowest BCUT2D eigenvalue weighted by atomic mass is 10.0. The highest BCUT2D eigenvalue weighted by Crippen LogP contribution is 2.39. The van der Waals surface area contributed by atoms with Crippen LogP contribution in [0.4, 0.5) is 0 Å². The van der Waals surface area contributed by atoms with Crippen molar-refractivity contribution in [2.45, 2.75) is 31.3 Å². The number of hydrogen-bond acceptors (Lipinski definition) is 1. The summed E-state index contributed by atoms with van der Waals surface area (Å²) in [6.45, 7) is 0. The lowest BCUT2D eigenvalue weighted by molar-refractivity contribution is 0.140. The Bertz CT molecular complexity index is 512. The number of aryl methyl sites for hydroxylation is 1. The highest BCUT2D eigenvalue weighted by atomic mass is 16.3. The van der Waals surface area contributed by atoms with Crippen LogP contribution in [0.3, 0.4) is 0 Å². The van der Waals surface area contributed by atoms with Gasteiger partial charge in [0.25, 0.3) is 0 Å². The van der Waals surface area contributed by atoms with E-state index in [0.717, 1.165) is 25.7 Å². The Kier molecular flexibility index (Phi) is 2.22. The first-order chi connectivity index (χ1) is 7.75. The number of rotatable bonds is 3. The van der Waals surface area contributed by atoms with Crippen molar-refractivity contribution in [3.05, 3.63) is 48.0 Å². The average molecular weight is 212 g/mol. The van der Waals surface area contributed by atoms with Gasteiger partial charge in [0.15, 0.2) is 0 Å².